The Kier molecular flexibility index (Phi) is 3.06. The lowest BCUT2D eigenvalue weighted by molar-refractivity contribution is -0.633. The second kappa shape index (κ2) is 4.75. The molecular formula is C19H20N+. The Morgan fingerprint density at radius 3 is 2.20 bits per heavy atom. The molecule has 0 radical (unpaired) electrons. The lowest BCUT2D eigenvalue weighted by Crippen LogP contribution is -2.32. The smallest absolute Gasteiger partial charge is 0.194 e. The maximum Gasteiger partial charge on any atom is 0.213 e. The third-order valence-corrected chi connectivity index (χ3v) is 4.14. The highest BCUT2D eigenvalue weighted by molar-refractivity contribution is 5.84. The molecule has 2 aromatic carbocycles. The van der Waals surface area contributed by atoms with E-state index in [9.17, 15) is 0 Å². The molecule has 0 saturated heterocycles. The predicted octanol–water partition coefficient (Wildman–Crippen LogP) is 4.26. The van der Waals surface area contributed by atoms with Crippen LogP contribution in [0.25, 0.3) is 22.2 Å². The van der Waals surface area contributed by atoms with Gasteiger partial charge in [-0.3, -0.25) is 0 Å². The van der Waals surface area contributed by atoms with Gasteiger partial charge in [0.25, 0.3) is 0 Å². The fourth-order valence-electron chi connectivity index (χ4n) is 3.07. The molecule has 1 nitrogen and oxygen atoms in total. The molecule has 1 aromatic heterocycles. The maximum absolute atomic E-state index is 2.30. The Labute approximate surface area is 120 Å². The fourth-order valence-corrected chi connectivity index (χ4v) is 3.07. The molecule has 0 saturated carbocycles. The summed E-state index contributed by atoms with van der Waals surface area (Å²) in [4.78, 5) is 0. The van der Waals surface area contributed by atoms with E-state index in [-0.39, 0.29) is 0 Å². The van der Waals surface area contributed by atoms with Crippen molar-refractivity contribution >= 4 is 10.9 Å². The minimum atomic E-state index is 1.28. The highest BCUT2D eigenvalue weighted by Gasteiger charge is 2.18. The van der Waals surface area contributed by atoms with Crippen molar-refractivity contribution in [1.82, 2.24) is 0 Å². The van der Waals surface area contributed by atoms with Gasteiger partial charge in [-0.2, -0.15) is 4.57 Å². The van der Waals surface area contributed by atoms with Crippen molar-refractivity contribution in [3.05, 3.63) is 65.2 Å². The van der Waals surface area contributed by atoms with Gasteiger partial charge in [0.05, 0.1) is 5.39 Å². The van der Waals surface area contributed by atoms with Crippen LogP contribution in [-0.4, -0.2) is 0 Å². The zero-order valence-electron chi connectivity index (χ0n) is 12.6. The summed E-state index contributed by atoms with van der Waals surface area (Å²) >= 11 is 0. The molecule has 0 fully saturated rings. The van der Waals surface area contributed by atoms with Crippen LogP contribution in [0.1, 0.15) is 16.7 Å². The summed E-state index contributed by atoms with van der Waals surface area (Å²) in [5.41, 5.74) is 7.87. The molecule has 0 bridgehead atoms. The number of nitrogens with zero attached hydrogens (tertiary/aromatic N) is 1. The summed E-state index contributed by atoms with van der Waals surface area (Å²) in [6.07, 6.45) is 0. The quantitative estimate of drug-likeness (QED) is 0.577. The van der Waals surface area contributed by atoms with Crippen molar-refractivity contribution in [3.63, 3.8) is 0 Å². The Balaban J connectivity index is 2.40. The molecule has 0 aliphatic carbocycles. The monoisotopic (exact) mass is 262 g/mol. The summed E-state index contributed by atoms with van der Waals surface area (Å²) in [6, 6.07) is 17.4. The van der Waals surface area contributed by atoms with E-state index in [4.69, 9.17) is 0 Å². The molecular weight excluding hydrogens is 242 g/mol. The number of fused-ring (bicyclic) bond motifs is 1. The zero-order valence-corrected chi connectivity index (χ0v) is 12.6. The summed E-state index contributed by atoms with van der Waals surface area (Å²) < 4.78 is 2.30. The Morgan fingerprint density at radius 2 is 1.45 bits per heavy atom. The molecule has 1 heterocycles. The van der Waals surface area contributed by atoms with Gasteiger partial charge in [0.1, 0.15) is 7.05 Å². The first-order valence-electron chi connectivity index (χ1n) is 7.04. The Bertz CT molecular complexity index is 800. The third-order valence-electron chi connectivity index (χ3n) is 4.14. The van der Waals surface area contributed by atoms with Crippen LogP contribution >= 0.6 is 0 Å². The maximum atomic E-state index is 2.30. The van der Waals surface area contributed by atoms with Gasteiger partial charge in [-0.25, -0.2) is 0 Å². The summed E-state index contributed by atoms with van der Waals surface area (Å²) in [5.74, 6) is 0. The van der Waals surface area contributed by atoms with Crippen LogP contribution in [0.15, 0.2) is 48.5 Å². The SMILES string of the molecule is Cc1ccccc1-c1cc(C)c2c(C)cccc2[n+]1C. The van der Waals surface area contributed by atoms with Gasteiger partial charge in [0.15, 0.2) is 0 Å². The number of hydrogen-bond donors (Lipinski definition) is 0. The topological polar surface area (TPSA) is 3.88 Å². The van der Waals surface area contributed by atoms with Crippen LogP contribution < -0.4 is 4.57 Å². The van der Waals surface area contributed by atoms with E-state index < -0.39 is 0 Å². The van der Waals surface area contributed by atoms with E-state index in [2.05, 4.69) is 80.9 Å². The van der Waals surface area contributed by atoms with Gasteiger partial charge in [0, 0.05) is 17.7 Å². The van der Waals surface area contributed by atoms with Crippen molar-refractivity contribution in [2.45, 2.75) is 20.8 Å². The molecule has 0 N–H and O–H groups in total. The van der Waals surface area contributed by atoms with Gasteiger partial charge in [-0.05, 0) is 43.5 Å². The molecule has 0 unspecified atom stereocenters. The number of rotatable bonds is 1. The molecule has 1 heteroatoms. The standard InChI is InChI=1S/C19H20N/c1-13-8-5-6-10-16(13)18-12-15(3)19-14(2)9-7-11-17(19)20(18)4/h5-12H,1-4H3/q+1. The van der Waals surface area contributed by atoms with E-state index in [1.165, 1.54) is 38.9 Å². The van der Waals surface area contributed by atoms with Crippen molar-refractivity contribution in [2.75, 3.05) is 0 Å². The number of hydrogen-bond acceptors (Lipinski definition) is 0. The van der Waals surface area contributed by atoms with E-state index in [1.807, 2.05) is 0 Å². The zero-order chi connectivity index (χ0) is 14.3. The normalized spacial score (nSPS) is 11.0. The average Bonchev–Trinajstić information content (AvgIpc) is 2.43. The number of aryl methyl sites for hydroxylation is 4. The van der Waals surface area contributed by atoms with Crippen LogP contribution in [0.5, 0.6) is 0 Å². The van der Waals surface area contributed by atoms with Crippen molar-refractivity contribution in [3.8, 4) is 11.3 Å². The van der Waals surface area contributed by atoms with Gasteiger partial charge in [0.2, 0.25) is 11.2 Å². The summed E-state index contributed by atoms with van der Waals surface area (Å²) in [5, 5.41) is 1.37. The molecule has 0 aliphatic heterocycles. The third kappa shape index (κ3) is 1.90. The molecule has 3 rings (SSSR count). The molecule has 3 aromatic rings. The van der Waals surface area contributed by atoms with E-state index in [0.29, 0.717) is 0 Å². The average molecular weight is 262 g/mol. The molecule has 0 aliphatic rings. The largest absolute Gasteiger partial charge is 0.213 e. The second-order valence-electron chi connectivity index (χ2n) is 5.56. The lowest BCUT2D eigenvalue weighted by atomic mass is 9.99. The highest BCUT2D eigenvalue weighted by Crippen LogP contribution is 2.26. The summed E-state index contributed by atoms with van der Waals surface area (Å²) in [7, 11) is 2.16. The molecule has 0 amide bonds. The van der Waals surface area contributed by atoms with Crippen molar-refractivity contribution in [2.24, 2.45) is 7.05 Å². The molecule has 0 atom stereocenters. The molecule has 100 valence electrons. The van der Waals surface area contributed by atoms with Crippen molar-refractivity contribution in [1.29, 1.82) is 0 Å². The van der Waals surface area contributed by atoms with E-state index in [1.54, 1.807) is 0 Å². The van der Waals surface area contributed by atoms with Crippen LogP contribution in [0.4, 0.5) is 0 Å². The molecule has 20 heavy (non-hydrogen) atoms. The number of aromatic nitrogens is 1. The van der Waals surface area contributed by atoms with Gasteiger partial charge < -0.3 is 0 Å². The van der Waals surface area contributed by atoms with Crippen LogP contribution in [0.2, 0.25) is 0 Å². The lowest BCUT2D eigenvalue weighted by Gasteiger charge is -2.10. The predicted molar refractivity (Wildman–Crippen MR) is 84.8 cm³/mol. The van der Waals surface area contributed by atoms with Gasteiger partial charge >= 0.3 is 0 Å². The van der Waals surface area contributed by atoms with Gasteiger partial charge in [-0.15, -0.1) is 0 Å². The summed E-state index contributed by atoms with van der Waals surface area (Å²) in [6.45, 7) is 6.56. The van der Waals surface area contributed by atoms with Crippen LogP contribution in [0.3, 0.4) is 0 Å². The first-order valence-corrected chi connectivity index (χ1v) is 7.04. The number of pyridine rings is 1. The second-order valence-corrected chi connectivity index (χ2v) is 5.56. The Hall–Kier alpha value is -2.15. The minimum Gasteiger partial charge on any atom is -0.194 e. The van der Waals surface area contributed by atoms with E-state index in [0.717, 1.165) is 0 Å². The Morgan fingerprint density at radius 1 is 0.750 bits per heavy atom. The molecule has 0 spiro atoms. The van der Waals surface area contributed by atoms with Crippen LogP contribution in [0, 0.1) is 20.8 Å². The number of benzene rings is 2. The fraction of sp³-hybridized carbons (Fsp3) is 0.211. The van der Waals surface area contributed by atoms with Crippen LogP contribution in [-0.2, 0) is 7.05 Å². The first-order chi connectivity index (χ1) is 9.59. The minimum absolute atomic E-state index is 1.28. The highest BCUT2D eigenvalue weighted by atomic mass is 14.9. The van der Waals surface area contributed by atoms with Crippen molar-refractivity contribution < 1.29 is 4.57 Å². The first kappa shape index (κ1) is 12.9. The van der Waals surface area contributed by atoms with Gasteiger partial charge in [-0.1, -0.05) is 30.3 Å². The van der Waals surface area contributed by atoms with E-state index >= 15 is 0 Å².